The number of anilines is 1. The SMILES string of the molecule is O=C(Nc1cc(S(=O)(=O)O)cc2cc(S(=O)(=O)O)c(N=Nc3ccc4cc(S(=O)(=O)CCSCCNP)ccc4c3S(=O)(=O)O)c(O)c12)c1ccccc1. The summed E-state index contributed by atoms with van der Waals surface area (Å²) in [5, 5.41) is 23.1. The third kappa shape index (κ3) is 9.22. The van der Waals surface area contributed by atoms with Crippen molar-refractivity contribution in [3.8, 4) is 5.75 Å². The summed E-state index contributed by atoms with van der Waals surface area (Å²) in [5.41, 5.74) is -2.00. The molecule has 6 N–H and O–H groups in total. The minimum absolute atomic E-state index is 0.0585. The van der Waals surface area contributed by atoms with Crippen molar-refractivity contribution in [3.63, 3.8) is 0 Å². The molecule has 0 aliphatic carbocycles. The number of carbonyl (C=O) groups is 1. The van der Waals surface area contributed by atoms with E-state index in [0.717, 1.165) is 30.3 Å². The van der Waals surface area contributed by atoms with E-state index >= 15 is 0 Å². The molecule has 0 aliphatic heterocycles. The van der Waals surface area contributed by atoms with Crippen molar-refractivity contribution in [2.24, 2.45) is 10.2 Å². The third-order valence-electron chi connectivity index (χ3n) is 7.67. The van der Waals surface area contributed by atoms with Crippen molar-refractivity contribution in [2.45, 2.75) is 19.6 Å². The van der Waals surface area contributed by atoms with Gasteiger partial charge in [-0.2, -0.15) is 37.0 Å². The van der Waals surface area contributed by atoms with Crippen LogP contribution in [0.1, 0.15) is 10.4 Å². The van der Waals surface area contributed by atoms with Crippen LogP contribution in [0.15, 0.2) is 109 Å². The summed E-state index contributed by atoms with van der Waals surface area (Å²) in [7, 11) is -16.9. The summed E-state index contributed by atoms with van der Waals surface area (Å²) < 4.78 is 131. The van der Waals surface area contributed by atoms with Gasteiger partial charge in [0.1, 0.15) is 21.2 Å². The molecule has 0 saturated carbocycles. The Bertz CT molecular complexity index is 2790. The zero-order chi connectivity index (χ0) is 39.6. The number of azo groups is 1. The highest BCUT2D eigenvalue weighted by atomic mass is 32.2. The van der Waals surface area contributed by atoms with E-state index in [2.05, 4.69) is 30.0 Å². The van der Waals surface area contributed by atoms with Crippen molar-refractivity contribution in [1.82, 2.24) is 5.09 Å². The smallest absolute Gasteiger partial charge is 0.297 e. The number of phenols is 1. The van der Waals surface area contributed by atoms with E-state index in [0.29, 0.717) is 18.4 Å². The molecule has 0 spiro atoms. The van der Waals surface area contributed by atoms with Gasteiger partial charge in [-0.1, -0.05) is 39.7 Å². The molecule has 0 aliphatic rings. The Hall–Kier alpha value is -4.09. The normalized spacial score (nSPS) is 12.8. The first-order valence-electron chi connectivity index (χ1n) is 15.1. The van der Waals surface area contributed by atoms with Gasteiger partial charge in [-0.15, -0.1) is 10.2 Å². The molecule has 17 nitrogen and oxygen atoms in total. The number of hydrogen-bond acceptors (Lipinski definition) is 14. The summed E-state index contributed by atoms with van der Waals surface area (Å²) in [4.78, 5) is 10.1. The van der Waals surface area contributed by atoms with E-state index in [9.17, 15) is 57.2 Å². The average Bonchev–Trinajstić information content (AvgIpc) is 3.09. The summed E-state index contributed by atoms with van der Waals surface area (Å²) >= 11 is 1.41. The van der Waals surface area contributed by atoms with Crippen LogP contribution in [0.4, 0.5) is 17.1 Å². The number of nitrogens with zero attached hydrogens (tertiary/aromatic N) is 2. The van der Waals surface area contributed by atoms with Crippen LogP contribution >= 0.6 is 21.2 Å². The molecule has 0 saturated heterocycles. The third-order valence-corrected chi connectivity index (χ3v) is 13.6. The second-order valence-corrected chi connectivity index (χ2v) is 19.2. The van der Waals surface area contributed by atoms with Gasteiger partial charge in [0.2, 0.25) is 0 Å². The monoisotopic (exact) mass is 856 g/mol. The predicted molar refractivity (Wildman–Crippen MR) is 205 cm³/mol. The molecule has 286 valence electrons. The maximum Gasteiger partial charge on any atom is 0.297 e. The standard InChI is InChI=1S/C31H29N4O13PS5/c36-29-27-20(15-22(52(40,41)42)17-25(27)33-31(37)18-4-2-1-3-5-18)16-26(53(43,44)45)28(29)35-34-24-9-6-19-14-21(7-8-23(19)30(24)54(46,47)48)51(38,39)13-12-50-11-10-32-49/h1-9,14-17,32,36H,10-13,49H2,(H,33,37)(H,40,41,42)(H,43,44,45)(H,46,47,48). The largest absolute Gasteiger partial charge is 0.505 e. The zero-order valence-electron chi connectivity index (χ0n) is 27.3. The summed E-state index contributed by atoms with van der Waals surface area (Å²) in [6.45, 7) is 0.646. The summed E-state index contributed by atoms with van der Waals surface area (Å²) in [5.74, 6) is -1.18. The van der Waals surface area contributed by atoms with Gasteiger partial charge in [0.25, 0.3) is 36.3 Å². The van der Waals surface area contributed by atoms with Crippen molar-refractivity contribution in [3.05, 3.63) is 84.4 Å². The first-order valence-corrected chi connectivity index (χ1v) is 22.8. The number of carbonyl (C=O) groups excluding carboxylic acids is 1. The number of rotatable bonds is 14. The number of phenolic OH excluding ortho intramolecular Hbond substituents is 1. The lowest BCUT2D eigenvalue weighted by atomic mass is 10.1. The minimum Gasteiger partial charge on any atom is -0.505 e. The quantitative estimate of drug-likeness (QED) is 0.0371. The van der Waals surface area contributed by atoms with E-state index in [1.807, 2.05) is 0 Å². The van der Waals surface area contributed by atoms with Gasteiger partial charge in [-0.05, 0) is 59.3 Å². The number of fused-ring (bicyclic) bond motifs is 2. The van der Waals surface area contributed by atoms with Gasteiger partial charge in [-0.3, -0.25) is 23.5 Å². The Morgan fingerprint density at radius 2 is 1.43 bits per heavy atom. The van der Waals surface area contributed by atoms with E-state index in [-0.39, 0.29) is 32.7 Å². The Labute approximate surface area is 315 Å². The van der Waals surface area contributed by atoms with Gasteiger partial charge in [0.05, 0.1) is 21.2 Å². The zero-order valence-corrected chi connectivity index (χ0v) is 32.5. The Morgan fingerprint density at radius 1 is 0.741 bits per heavy atom. The number of aromatic hydroxyl groups is 1. The molecule has 0 aromatic heterocycles. The number of hydrogen-bond donors (Lipinski definition) is 6. The molecule has 1 atom stereocenters. The van der Waals surface area contributed by atoms with Crippen molar-refractivity contribution < 1.29 is 57.2 Å². The Balaban J connectivity index is 1.67. The minimum atomic E-state index is -5.33. The predicted octanol–water partition coefficient (Wildman–Crippen LogP) is 4.99. The molecule has 0 bridgehead atoms. The molecule has 1 unspecified atom stereocenters. The van der Waals surface area contributed by atoms with Crippen LogP contribution in [0.2, 0.25) is 0 Å². The van der Waals surface area contributed by atoms with Crippen LogP contribution in [-0.4, -0.2) is 82.1 Å². The highest BCUT2D eigenvalue weighted by Gasteiger charge is 2.27. The lowest BCUT2D eigenvalue weighted by Gasteiger charge is -2.15. The fraction of sp³-hybridized carbons (Fsp3) is 0.129. The highest BCUT2D eigenvalue weighted by Crippen LogP contribution is 2.46. The molecule has 1 amide bonds. The lowest BCUT2D eigenvalue weighted by Crippen LogP contribution is -2.13. The number of amides is 1. The van der Waals surface area contributed by atoms with E-state index in [1.54, 1.807) is 6.07 Å². The molecule has 5 aromatic rings. The number of nitrogens with one attached hydrogen (secondary N) is 2. The Kier molecular flexibility index (Phi) is 12.1. The number of sulfone groups is 1. The van der Waals surface area contributed by atoms with E-state index < -0.39 is 94.4 Å². The second kappa shape index (κ2) is 15.9. The summed E-state index contributed by atoms with van der Waals surface area (Å²) in [6.07, 6.45) is 0. The van der Waals surface area contributed by atoms with Gasteiger partial charge in [-0.25, -0.2) is 8.42 Å². The van der Waals surface area contributed by atoms with Crippen LogP contribution in [0, 0.1) is 0 Å². The summed E-state index contributed by atoms with van der Waals surface area (Å²) in [6, 6.07) is 15.4. The van der Waals surface area contributed by atoms with E-state index in [4.69, 9.17) is 0 Å². The van der Waals surface area contributed by atoms with Crippen LogP contribution < -0.4 is 10.4 Å². The second-order valence-electron chi connectivity index (χ2n) is 11.3. The van der Waals surface area contributed by atoms with Crippen LogP contribution in [0.5, 0.6) is 5.75 Å². The maximum atomic E-state index is 13.0. The molecule has 0 fully saturated rings. The lowest BCUT2D eigenvalue weighted by molar-refractivity contribution is 0.102. The van der Waals surface area contributed by atoms with E-state index in [1.165, 1.54) is 48.2 Å². The first-order chi connectivity index (χ1) is 25.2. The topological polar surface area (TPSA) is 283 Å². The maximum absolute atomic E-state index is 13.0. The molecule has 0 radical (unpaired) electrons. The molecular weight excluding hydrogens is 828 g/mol. The van der Waals surface area contributed by atoms with Gasteiger partial charge in [0, 0.05) is 34.4 Å². The van der Waals surface area contributed by atoms with Gasteiger partial charge >= 0.3 is 0 Å². The van der Waals surface area contributed by atoms with Gasteiger partial charge < -0.3 is 10.4 Å². The molecule has 5 rings (SSSR count). The van der Waals surface area contributed by atoms with Crippen molar-refractivity contribution >= 4 is 106 Å². The molecule has 54 heavy (non-hydrogen) atoms. The van der Waals surface area contributed by atoms with Crippen LogP contribution in [0.25, 0.3) is 21.5 Å². The number of thioether (sulfide) groups is 1. The molecule has 5 aromatic carbocycles. The van der Waals surface area contributed by atoms with Crippen molar-refractivity contribution in [1.29, 1.82) is 0 Å². The first kappa shape index (κ1) is 41.1. The fourth-order valence-corrected chi connectivity index (χ4v) is 10.2. The van der Waals surface area contributed by atoms with Crippen LogP contribution in [-0.2, 0) is 40.2 Å². The fourth-order valence-electron chi connectivity index (χ4n) is 5.22. The average molecular weight is 857 g/mol. The molecular formula is C31H29N4O13PS5. The highest BCUT2D eigenvalue weighted by molar-refractivity contribution is 8.00. The number of benzene rings is 5. The van der Waals surface area contributed by atoms with Gasteiger partial charge in [0.15, 0.2) is 15.6 Å². The molecule has 0 heterocycles. The van der Waals surface area contributed by atoms with Crippen LogP contribution in [0.3, 0.4) is 0 Å². The van der Waals surface area contributed by atoms with Crippen molar-refractivity contribution in [2.75, 3.05) is 29.1 Å². The Morgan fingerprint density at radius 3 is 2.06 bits per heavy atom. The molecule has 23 heteroatoms.